The van der Waals surface area contributed by atoms with Gasteiger partial charge in [-0.3, -0.25) is 4.79 Å². The molecule has 1 aliphatic rings. The third kappa shape index (κ3) is 3.50. The fraction of sp³-hybridized carbons (Fsp3) is 0.318. The highest BCUT2D eigenvalue weighted by atomic mass is 16.4. The lowest BCUT2D eigenvalue weighted by Gasteiger charge is -2.31. The number of amides is 1. The molecule has 0 aliphatic heterocycles. The summed E-state index contributed by atoms with van der Waals surface area (Å²) in [5.41, 5.74) is 4.30. The summed E-state index contributed by atoms with van der Waals surface area (Å²) in [6, 6.07) is 13.4. The van der Waals surface area contributed by atoms with Crippen LogP contribution in [-0.2, 0) is 9.59 Å². The van der Waals surface area contributed by atoms with E-state index in [0.29, 0.717) is 18.5 Å². The van der Waals surface area contributed by atoms with Gasteiger partial charge in [-0.2, -0.15) is 0 Å². The Hall–Kier alpha value is -3.15. The lowest BCUT2D eigenvalue weighted by Crippen LogP contribution is -2.42. The van der Waals surface area contributed by atoms with Crippen LogP contribution in [-0.4, -0.2) is 21.3 Å². The fourth-order valence-corrected chi connectivity index (χ4v) is 4.01. The number of carboxylic acids is 1. The molecule has 1 aromatic carbocycles. The zero-order valence-corrected chi connectivity index (χ0v) is 15.7. The predicted molar refractivity (Wildman–Crippen MR) is 104 cm³/mol. The molecule has 28 heavy (non-hydrogen) atoms. The van der Waals surface area contributed by atoms with E-state index in [9.17, 15) is 14.7 Å². The van der Waals surface area contributed by atoms with Crippen LogP contribution < -0.4 is 10.4 Å². The number of aliphatic carboxylic acids is 1. The van der Waals surface area contributed by atoms with Gasteiger partial charge in [0, 0.05) is 40.9 Å². The lowest BCUT2D eigenvalue weighted by molar-refractivity contribution is -0.313. The van der Waals surface area contributed by atoms with Crippen LogP contribution in [0.4, 0.5) is 5.69 Å². The Morgan fingerprint density at radius 3 is 2.61 bits per heavy atom. The molecule has 0 spiro atoms. The molecule has 6 heteroatoms. The number of carbonyl (C=O) groups excluding carboxylic acids is 2. The van der Waals surface area contributed by atoms with Crippen molar-refractivity contribution < 1.29 is 14.7 Å². The zero-order chi connectivity index (χ0) is 19.7. The lowest BCUT2D eigenvalue weighted by atomic mass is 9.78. The largest absolute Gasteiger partial charge is 0.550 e. The van der Waals surface area contributed by atoms with Gasteiger partial charge in [0.1, 0.15) is 5.65 Å². The monoisotopic (exact) mass is 376 g/mol. The van der Waals surface area contributed by atoms with Crippen LogP contribution in [0, 0.1) is 18.8 Å². The third-order valence-electron chi connectivity index (χ3n) is 5.53. The number of anilines is 1. The molecule has 1 saturated carbocycles. The molecule has 144 valence electrons. The van der Waals surface area contributed by atoms with Crippen molar-refractivity contribution in [3.05, 3.63) is 54.4 Å². The number of rotatable bonds is 4. The van der Waals surface area contributed by atoms with Crippen LogP contribution in [0.25, 0.3) is 16.9 Å². The van der Waals surface area contributed by atoms with Crippen molar-refractivity contribution in [3.8, 4) is 11.3 Å². The molecule has 1 fully saturated rings. The van der Waals surface area contributed by atoms with E-state index in [1.165, 1.54) is 0 Å². The van der Waals surface area contributed by atoms with Crippen molar-refractivity contribution in [2.24, 2.45) is 11.8 Å². The van der Waals surface area contributed by atoms with Crippen LogP contribution in [0.5, 0.6) is 0 Å². The second-order valence-corrected chi connectivity index (χ2v) is 7.41. The van der Waals surface area contributed by atoms with Gasteiger partial charge in [0.15, 0.2) is 0 Å². The number of benzene rings is 1. The molecule has 3 aromatic rings. The van der Waals surface area contributed by atoms with Gasteiger partial charge in [-0.15, -0.1) is 0 Å². The number of hydrogen-bond donors (Lipinski definition) is 1. The number of hydrogen-bond acceptors (Lipinski definition) is 4. The number of carboxylic acid groups (broad SMARTS) is 1. The molecular weight excluding hydrogens is 354 g/mol. The molecule has 2 atom stereocenters. The summed E-state index contributed by atoms with van der Waals surface area (Å²) in [6.07, 6.45) is 4.74. The van der Waals surface area contributed by atoms with Gasteiger partial charge < -0.3 is 19.6 Å². The summed E-state index contributed by atoms with van der Waals surface area (Å²) in [7, 11) is 0. The molecule has 1 amide bonds. The van der Waals surface area contributed by atoms with Crippen molar-refractivity contribution in [1.82, 2.24) is 9.38 Å². The van der Waals surface area contributed by atoms with Crippen LogP contribution in [0.3, 0.4) is 0 Å². The van der Waals surface area contributed by atoms with Gasteiger partial charge in [-0.05, 0) is 44.0 Å². The normalized spacial score (nSPS) is 19.5. The number of aromatic nitrogens is 2. The molecule has 1 N–H and O–H groups in total. The Kier molecular flexibility index (Phi) is 4.86. The number of fused-ring (bicyclic) bond motifs is 1. The molecule has 0 saturated heterocycles. The molecule has 0 radical (unpaired) electrons. The summed E-state index contributed by atoms with van der Waals surface area (Å²) < 4.78 is 2.02. The minimum atomic E-state index is -1.13. The van der Waals surface area contributed by atoms with E-state index in [4.69, 9.17) is 0 Å². The maximum atomic E-state index is 12.7. The first-order valence-electron chi connectivity index (χ1n) is 9.60. The Morgan fingerprint density at radius 1 is 1.11 bits per heavy atom. The van der Waals surface area contributed by atoms with Gasteiger partial charge in [-0.25, -0.2) is 4.98 Å². The molecule has 2 heterocycles. The van der Waals surface area contributed by atoms with Gasteiger partial charge in [0.05, 0.1) is 5.69 Å². The molecule has 0 unspecified atom stereocenters. The molecule has 4 rings (SSSR count). The highest BCUT2D eigenvalue weighted by Gasteiger charge is 2.31. The minimum absolute atomic E-state index is 0.253. The maximum absolute atomic E-state index is 12.7. The first kappa shape index (κ1) is 18.2. The second kappa shape index (κ2) is 7.46. The van der Waals surface area contributed by atoms with Crippen molar-refractivity contribution >= 4 is 23.2 Å². The molecular formula is C22H22N3O3-. The van der Waals surface area contributed by atoms with Crippen LogP contribution in [0.15, 0.2) is 48.7 Å². The maximum Gasteiger partial charge on any atom is 0.228 e. The summed E-state index contributed by atoms with van der Waals surface area (Å²) in [6.45, 7) is 2.02. The zero-order valence-electron chi connectivity index (χ0n) is 15.7. The van der Waals surface area contributed by atoms with E-state index >= 15 is 0 Å². The number of nitrogens with one attached hydrogen (secondary N) is 1. The second-order valence-electron chi connectivity index (χ2n) is 7.41. The Bertz CT molecular complexity index is 1040. The molecule has 2 aromatic heterocycles. The van der Waals surface area contributed by atoms with E-state index in [1.54, 1.807) is 6.07 Å². The number of imidazole rings is 1. The average Bonchev–Trinajstić information content (AvgIpc) is 3.14. The summed E-state index contributed by atoms with van der Waals surface area (Å²) in [5, 5.41) is 14.3. The highest BCUT2D eigenvalue weighted by Crippen LogP contribution is 2.31. The van der Waals surface area contributed by atoms with E-state index in [0.717, 1.165) is 35.4 Å². The molecule has 6 nitrogen and oxygen atoms in total. The number of aryl methyl sites for hydroxylation is 1. The molecule has 0 bridgehead atoms. The van der Waals surface area contributed by atoms with Crippen molar-refractivity contribution in [1.29, 1.82) is 0 Å². The number of carbonyl (C=O) groups is 2. The smallest absolute Gasteiger partial charge is 0.228 e. The number of pyridine rings is 1. The predicted octanol–water partition coefficient (Wildman–Crippen LogP) is 2.80. The van der Waals surface area contributed by atoms with Crippen molar-refractivity contribution in [2.75, 3.05) is 5.32 Å². The van der Waals surface area contributed by atoms with Gasteiger partial charge in [0.2, 0.25) is 5.91 Å². The summed E-state index contributed by atoms with van der Waals surface area (Å²) in [5.74, 6) is -2.64. The SMILES string of the molecule is Cc1cccc2nc(-c3cccc(NC(=O)[C@@H]4CCCC[C@H]4C(=O)[O-])c3)cn12. The highest BCUT2D eigenvalue weighted by molar-refractivity contribution is 5.95. The van der Waals surface area contributed by atoms with E-state index in [2.05, 4.69) is 10.3 Å². The number of nitrogens with zero attached hydrogens (tertiary/aromatic N) is 2. The average molecular weight is 376 g/mol. The van der Waals surface area contributed by atoms with Gasteiger partial charge >= 0.3 is 0 Å². The van der Waals surface area contributed by atoms with E-state index in [-0.39, 0.29) is 5.91 Å². The first-order chi connectivity index (χ1) is 13.5. The van der Waals surface area contributed by atoms with Crippen LogP contribution >= 0.6 is 0 Å². The Morgan fingerprint density at radius 2 is 1.86 bits per heavy atom. The van der Waals surface area contributed by atoms with Crippen LogP contribution in [0.2, 0.25) is 0 Å². The summed E-state index contributed by atoms with van der Waals surface area (Å²) in [4.78, 5) is 28.7. The van der Waals surface area contributed by atoms with Crippen LogP contribution in [0.1, 0.15) is 31.4 Å². The summed E-state index contributed by atoms with van der Waals surface area (Å²) >= 11 is 0. The Labute approximate surface area is 163 Å². The van der Waals surface area contributed by atoms with Gasteiger partial charge in [-0.1, -0.05) is 31.0 Å². The van der Waals surface area contributed by atoms with Crippen molar-refractivity contribution in [3.63, 3.8) is 0 Å². The van der Waals surface area contributed by atoms with Crippen molar-refractivity contribution in [2.45, 2.75) is 32.6 Å². The van der Waals surface area contributed by atoms with E-state index in [1.807, 2.05) is 53.9 Å². The van der Waals surface area contributed by atoms with Gasteiger partial charge in [0.25, 0.3) is 0 Å². The van der Waals surface area contributed by atoms with E-state index < -0.39 is 17.8 Å². The molecule has 1 aliphatic carbocycles. The standard InChI is InChI=1S/C22H23N3O3/c1-14-6-4-11-20-24-19(13-25(14)20)15-7-5-8-16(12-15)23-21(26)17-9-2-3-10-18(17)22(27)28/h4-8,11-13,17-18H,2-3,9-10H2,1H3,(H,23,26)(H,27,28)/p-1/t17-,18-/m1/s1. The fourth-order valence-electron chi connectivity index (χ4n) is 4.01. The minimum Gasteiger partial charge on any atom is -0.550 e. The first-order valence-corrected chi connectivity index (χ1v) is 9.60. The Balaban J connectivity index is 1.57. The topological polar surface area (TPSA) is 86.5 Å². The third-order valence-corrected chi connectivity index (χ3v) is 5.53. The quantitative estimate of drug-likeness (QED) is 0.759.